The molecule has 0 radical (unpaired) electrons. The molecule has 0 aromatic heterocycles. The molecule has 0 atom stereocenters. The number of carbonyl (C=O) groups excluding carboxylic acids is 3. The van der Waals surface area contributed by atoms with Crippen LogP contribution in [0.15, 0.2) is 24.3 Å². The maximum Gasteiger partial charge on any atom is 0.325 e. The number of carbonyl (C=O) groups is 3. The first-order valence-electron chi connectivity index (χ1n) is 6.99. The largest absolute Gasteiger partial charge is 0.326 e. The van der Waals surface area contributed by atoms with Crippen molar-refractivity contribution in [3.63, 3.8) is 0 Å². The molecule has 2 rings (SSSR count). The summed E-state index contributed by atoms with van der Waals surface area (Å²) in [4.78, 5) is 36.5. The van der Waals surface area contributed by atoms with Gasteiger partial charge in [0, 0.05) is 18.7 Å². The van der Waals surface area contributed by atoms with Gasteiger partial charge in [0.15, 0.2) is 0 Å². The summed E-state index contributed by atoms with van der Waals surface area (Å²) in [6, 6.07) is 5.00. The average Bonchev–Trinajstić information content (AvgIpc) is 2.63. The molecular weight excluding hydrogens is 289 g/mol. The van der Waals surface area contributed by atoms with Crippen LogP contribution in [0.4, 0.5) is 14.9 Å². The fraction of sp³-hybridized carbons (Fsp3) is 0.400. The maximum atomic E-state index is 12.7. The molecule has 7 heteroatoms. The summed E-state index contributed by atoms with van der Waals surface area (Å²) in [5, 5.41) is 5.20. The molecule has 0 spiro atoms. The highest BCUT2D eigenvalue weighted by atomic mass is 19.1. The molecule has 22 heavy (non-hydrogen) atoms. The van der Waals surface area contributed by atoms with Crippen molar-refractivity contribution in [2.24, 2.45) is 0 Å². The van der Waals surface area contributed by atoms with Crippen LogP contribution >= 0.6 is 0 Å². The summed E-state index contributed by atoms with van der Waals surface area (Å²) < 4.78 is 12.7. The molecule has 0 saturated carbocycles. The summed E-state index contributed by atoms with van der Waals surface area (Å²) in [5.41, 5.74) is -0.393. The summed E-state index contributed by atoms with van der Waals surface area (Å²) in [5.74, 6) is -0.923. The Labute approximate surface area is 127 Å². The molecular formula is C15H18FN3O3. The van der Waals surface area contributed by atoms with E-state index in [1.54, 1.807) is 13.8 Å². The van der Waals surface area contributed by atoms with E-state index in [0.29, 0.717) is 12.1 Å². The first-order chi connectivity index (χ1) is 10.3. The Morgan fingerprint density at radius 1 is 1.27 bits per heavy atom. The Hall–Kier alpha value is -2.44. The maximum absolute atomic E-state index is 12.7. The van der Waals surface area contributed by atoms with Crippen LogP contribution in [0.3, 0.4) is 0 Å². The second kappa shape index (κ2) is 6.13. The number of halogens is 1. The number of benzene rings is 1. The molecule has 1 aliphatic heterocycles. The number of urea groups is 1. The van der Waals surface area contributed by atoms with Crippen molar-refractivity contribution in [3.8, 4) is 0 Å². The highest BCUT2D eigenvalue weighted by molar-refractivity contribution is 6.06. The molecule has 1 fully saturated rings. The molecule has 1 aromatic carbocycles. The summed E-state index contributed by atoms with van der Waals surface area (Å²) >= 11 is 0. The van der Waals surface area contributed by atoms with Crippen LogP contribution in [-0.2, 0) is 9.59 Å². The van der Waals surface area contributed by atoms with E-state index < -0.39 is 11.6 Å². The predicted octanol–water partition coefficient (Wildman–Crippen LogP) is 1.87. The second-order valence-corrected chi connectivity index (χ2v) is 5.67. The summed E-state index contributed by atoms with van der Waals surface area (Å²) in [6.45, 7) is 3.45. The van der Waals surface area contributed by atoms with Crippen molar-refractivity contribution in [3.05, 3.63) is 30.1 Å². The molecule has 2 N–H and O–H groups in total. The lowest BCUT2D eigenvalue weighted by Crippen LogP contribution is -2.40. The monoisotopic (exact) mass is 307 g/mol. The van der Waals surface area contributed by atoms with Gasteiger partial charge in [-0.15, -0.1) is 0 Å². The average molecular weight is 307 g/mol. The molecule has 1 saturated heterocycles. The molecule has 118 valence electrons. The van der Waals surface area contributed by atoms with Gasteiger partial charge in [0.2, 0.25) is 5.91 Å². The van der Waals surface area contributed by atoms with Gasteiger partial charge < -0.3 is 10.6 Å². The lowest BCUT2D eigenvalue weighted by molar-refractivity contribution is -0.130. The predicted molar refractivity (Wildman–Crippen MR) is 78.6 cm³/mol. The zero-order chi connectivity index (χ0) is 16.3. The Morgan fingerprint density at radius 2 is 1.91 bits per heavy atom. The third-order valence-corrected chi connectivity index (χ3v) is 3.36. The molecule has 1 aliphatic rings. The van der Waals surface area contributed by atoms with Crippen LogP contribution in [0, 0.1) is 5.82 Å². The van der Waals surface area contributed by atoms with E-state index in [9.17, 15) is 18.8 Å². The van der Waals surface area contributed by atoms with Crippen LogP contribution < -0.4 is 10.6 Å². The van der Waals surface area contributed by atoms with Crippen molar-refractivity contribution in [2.75, 3.05) is 11.9 Å². The zero-order valence-corrected chi connectivity index (χ0v) is 12.5. The van der Waals surface area contributed by atoms with Crippen molar-refractivity contribution >= 4 is 23.5 Å². The van der Waals surface area contributed by atoms with E-state index in [1.165, 1.54) is 24.3 Å². The number of rotatable bonds is 5. The molecule has 0 aliphatic carbocycles. The Bertz CT molecular complexity index is 599. The molecule has 6 nitrogen and oxygen atoms in total. The molecule has 0 bridgehead atoms. The van der Waals surface area contributed by atoms with E-state index in [-0.39, 0.29) is 30.6 Å². The molecule has 1 aromatic rings. The Morgan fingerprint density at radius 3 is 2.45 bits per heavy atom. The van der Waals surface area contributed by atoms with E-state index in [2.05, 4.69) is 10.6 Å². The van der Waals surface area contributed by atoms with Crippen LogP contribution in [0.5, 0.6) is 0 Å². The first kappa shape index (κ1) is 15.9. The van der Waals surface area contributed by atoms with Crippen molar-refractivity contribution in [2.45, 2.75) is 32.2 Å². The number of anilines is 1. The second-order valence-electron chi connectivity index (χ2n) is 5.67. The minimum Gasteiger partial charge on any atom is -0.326 e. The van der Waals surface area contributed by atoms with Crippen LogP contribution in [0.2, 0.25) is 0 Å². The number of nitrogens with one attached hydrogen (secondary N) is 2. The lowest BCUT2D eigenvalue weighted by Gasteiger charge is -2.15. The third kappa shape index (κ3) is 3.60. The van der Waals surface area contributed by atoms with Crippen LogP contribution in [-0.4, -0.2) is 34.8 Å². The van der Waals surface area contributed by atoms with Crippen molar-refractivity contribution in [1.29, 1.82) is 0 Å². The number of imide groups is 1. The van der Waals surface area contributed by atoms with Gasteiger partial charge >= 0.3 is 6.03 Å². The topological polar surface area (TPSA) is 78.5 Å². The number of hydrogen-bond acceptors (Lipinski definition) is 3. The van der Waals surface area contributed by atoms with Gasteiger partial charge in [-0.05, 0) is 44.5 Å². The fourth-order valence-electron chi connectivity index (χ4n) is 2.18. The first-order valence-corrected chi connectivity index (χ1v) is 6.99. The van der Waals surface area contributed by atoms with Crippen molar-refractivity contribution in [1.82, 2.24) is 10.2 Å². The van der Waals surface area contributed by atoms with Crippen molar-refractivity contribution < 1.29 is 18.8 Å². The van der Waals surface area contributed by atoms with Gasteiger partial charge in [-0.3, -0.25) is 14.5 Å². The SMILES string of the molecule is CC1(C)NC(=O)N(CCCC(=O)Nc2ccc(F)cc2)C1=O. The van der Waals surface area contributed by atoms with Gasteiger partial charge in [-0.1, -0.05) is 0 Å². The van der Waals surface area contributed by atoms with Gasteiger partial charge in [0.1, 0.15) is 11.4 Å². The Balaban J connectivity index is 1.79. The summed E-state index contributed by atoms with van der Waals surface area (Å²) in [7, 11) is 0. The number of hydrogen-bond donors (Lipinski definition) is 2. The standard InChI is InChI=1S/C15H18FN3O3/c1-15(2)13(21)19(14(22)18-15)9-3-4-12(20)17-11-7-5-10(16)6-8-11/h5-8H,3-4,9H2,1-2H3,(H,17,20)(H,18,22). The highest BCUT2D eigenvalue weighted by Crippen LogP contribution is 2.17. The van der Waals surface area contributed by atoms with E-state index in [1.807, 2.05) is 0 Å². The molecule has 1 heterocycles. The van der Waals surface area contributed by atoms with Gasteiger partial charge in [-0.25, -0.2) is 9.18 Å². The zero-order valence-electron chi connectivity index (χ0n) is 12.5. The van der Waals surface area contributed by atoms with E-state index in [4.69, 9.17) is 0 Å². The van der Waals surface area contributed by atoms with E-state index >= 15 is 0 Å². The van der Waals surface area contributed by atoms with E-state index in [0.717, 1.165) is 4.90 Å². The van der Waals surface area contributed by atoms with Crippen LogP contribution in [0.25, 0.3) is 0 Å². The van der Waals surface area contributed by atoms with Crippen LogP contribution in [0.1, 0.15) is 26.7 Å². The number of amides is 4. The highest BCUT2D eigenvalue weighted by Gasteiger charge is 2.43. The Kier molecular flexibility index (Phi) is 4.44. The van der Waals surface area contributed by atoms with Gasteiger partial charge in [-0.2, -0.15) is 0 Å². The normalized spacial score (nSPS) is 16.6. The van der Waals surface area contributed by atoms with Gasteiger partial charge in [0.05, 0.1) is 0 Å². The minimum absolute atomic E-state index is 0.162. The number of nitrogens with zero attached hydrogens (tertiary/aromatic N) is 1. The molecule has 4 amide bonds. The minimum atomic E-state index is -0.895. The summed E-state index contributed by atoms with van der Waals surface area (Å²) in [6.07, 6.45) is 0.525. The lowest BCUT2D eigenvalue weighted by atomic mass is 10.1. The fourth-order valence-corrected chi connectivity index (χ4v) is 2.18. The van der Waals surface area contributed by atoms with Gasteiger partial charge in [0.25, 0.3) is 5.91 Å². The quantitative estimate of drug-likeness (QED) is 0.815. The molecule has 0 unspecified atom stereocenters. The smallest absolute Gasteiger partial charge is 0.325 e. The third-order valence-electron chi connectivity index (χ3n) is 3.36.